The zero-order valence-corrected chi connectivity index (χ0v) is 12.3. The normalized spacial score (nSPS) is 17.8. The fourth-order valence-electron chi connectivity index (χ4n) is 1.87. The van der Waals surface area contributed by atoms with Gasteiger partial charge in [-0.1, -0.05) is 0 Å². The maximum absolute atomic E-state index is 12.0. The third kappa shape index (κ3) is 6.42. The molecule has 6 nitrogen and oxygen atoms in total. The van der Waals surface area contributed by atoms with Crippen molar-refractivity contribution in [2.45, 2.75) is 45.8 Å². The molecule has 1 heterocycles. The lowest BCUT2D eigenvalue weighted by atomic mass is 10.2. The van der Waals surface area contributed by atoms with Crippen molar-refractivity contribution in [3.63, 3.8) is 0 Å². The number of hydrogen-bond acceptors (Lipinski definition) is 4. The average Bonchev–Trinajstić information content (AvgIpc) is 2.27. The third-order valence-electron chi connectivity index (χ3n) is 2.71. The molecular formula is C13H25N3O3. The van der Waals surface area contributed by atoms with Gasteiger partial charge in [0.05, 0.1) is 0 Å². The van der Waals surface area contributed by atoms with Crippen LogP contribution in [0.2, 0.25) is 0 Å². The first-order valence-electron chi connectivity index (χ1n) is 6.76. The molecule has 1 unspecified atom stereocenters. The number of rotatable bonds is 3. The number of ether oxygens (including phenoxy) is 1. The predicted molar refractivity (Wildman–Crippen MR) is 72.9 cm³/mol. The van der Waals surface area contributed by atoms with Crippen molar-refractivity contribution >= 4 is 12.0 Å². The van der Waals surface area contributed by atoms with E-state index in [1.54, 1.807) is 0 Å². The van der Waals surface area contributed by atoms with Crippen LogP contribution in [0.3, 0.4) is 0 Å². The van der Waals surface area contributed by atoms with E-state index in [2.05, 4.69) is 10.6 Å². The second-order valence-corrected chi connectivity index (χ2v) is 5.88. The summed E-state index contributed by atoms with van der Waals surface area (Å²) in [7, 11) is 0. The number of nitrogens with zero attached hydrogens (tertiary/aromatic N) is 1. The number of nitrogens with one attached hydrogen (secondary N) is 2. The molecule has 1 aliphatic heterocycles. The zero-order valence-electron chi connectivity index (χ0n) is 12.3. The van der Waals surface area contributed by atoms with Gasteiger partial charge in [0.2, 0.25) is 5.91 Å². The first-order chi connectivity index (χ1) is 8.78. The molecule has 0 saturated carbocycles. The summed E-state index contributed by atoms with van der Waals surface area (Å²) < 4.78 is 5.15. The average molecular weight is 271 g/mol. The number of amides is 2. The molecule has 1 saturated heterocycles. The van der Waals surface area contributed by atoms with Crippen LogP contribution in [0.1, 0.15) is 34.1 Å². The number of piperazine rings is 1. The van der Waals surface area contributed by atoms with Gasteiger partial charge in [0, 0.05) is 38.6 Å². The van der Waals surface area contributed by atoms with Crippen molar-refractivity contribution in [3.8, 4) is 0 Å². The van der Waals surface area contributed by atoms with Crippen LogP contribution in [-0.4, -0.2) is 54.7 Å². The first kappa shape index (κ1) is 15.8. The minimum absolute atomic E-state index is 0.0741. The molecule has 0 aromatic carbocycles. The Kier molecular flexibility index (Phi) is 5.60. The van der Waals surface area contributed by atoms with Gasteiger partial charge >= 0.3 is 6.09 Å². The summed E-state index contributed by atoms with van der Waals surface area (Å²) in [6.45, 7) is 10.4. The second-order valence-electron chi connectivity index (χ2n) is 5.88. The largest absolute Gasteiger partial charge is 0.444 e. The van der Waals surface area contributed by atoms with Crippen molar-refractivity contribution in [1.29, 1.82) is 0 Å². The van der Waals surface area contributed by atoms with Gasteiger partial charge < -0.3 is 20.3 Å². The first-order valence-corrected chi connectivity index (χ1v) is 6.76. The Morgan fingerprint density at radius 3 is 2.42 bits per heavy atom. The Labute approximate surface area is 114 Å². The minimum atomic E-state index is -0.521. The molecule has 6 heteroatoms. The molecule has 0 spiro atoms. The molecule has 110 valence electrons. The maximum atomic E-state index is 12.0. The Balaban J connectivity index is 2.31. The smallest absolute Gasteiger partial charge is 0.407 e. The molecule has 1 fully saturated rings. The zero-order chi connectivity index (χ0) is 14.5. The molecular weight excluding hydrogens is 246 g/mol. The van der Waals surface area contributed by atoms with Gasteiger partial charge in [-0.25, -0.2) is 4.79 Å². The topological polar surface area (TPSA) is 70.7 Å². The van der Waals surface area contributed by atoms with Gasteiger partial charge in [0.15, 0.2) is 0 Å². The van der Waals surface area contributed by atoms with Gasteiger partial charge in [-0.05, 0) is 27.7 Å². The number of carbonyl (C=O) groups excluding carboxylic acids is 2. The fourth-order valence-corrected chi connectivity index (χ4v) is 1.87. The molecule has 1 atom stereocenters. The Hall–Kier alpha value is -1.30. The summed E-state index contributed by atoms with van der Waals surface area (Å²) in [5.74, 6) is 0.0741. The Morgan fingerprint density at radius 1 is 1.32 bits per heavy atom. The monoisotopic (exact) mass is 271 g/mol. The van der Waals surface area contributed by atoms with Gasteiger partial charge in [-0.2, -0.15) is 0 Å². The standard InChI is InChI=1S/C13H25N3O3/c1-10(15-12(18)19-13(2,3)4)9-11(17)16-7-5-14-6-8-16/h10,14H,5-9H2,1-4H3,(H,15,18). The molecule has 0 bridgehead atoms. The highest BCUT2D eigenvalue weighted by molar-refractivity contribution is 5.78. The SMILES string of the molecule is CC(CC(=O)N1CCNCC1)NC(=O)OC(C)(C)C. The van der Waals surface area contributed by atoms with Crippen molar-refractivity contribution < 1.29 is 14.3 Å². The van der Waals surface area contributed by atoms with E-state index >= 15 is 0 Å². The molecule has 0 aliphatic carbocycles. The van der Waals surface area contributed by atoms with Crippen molar-refractivity contribution in [3.05, 3.63) is 0 Å². The highest BCUT2D eigenvalue weighted by atomic mass is 16.6. The van der Waals surface area contributed by atoms with Crippen LogP contribution in [0.4, 0.5) is 4.79 Å². The van der Waals surface area contributed by atoms with E-state index in [9.17, 15) is 9.59 Å². The summed E-state index contributed by atoms with van der Waals surface area (Å²) in [5.41, 5.74) is -0.521. The molecule has 2 amide bonds. The van der Waals surface area contributed by atoms with Crippen LogP contribution in [0, 0.1) is 0 Å². The minimum Gasteiger partial charge on any atom is -0.444 e. The van der Waals surface area contributed by atoms with E-state index in [1.165, 1.54) is 0 Å². The van der Waals surface area contributed by atoms with Gasteiger partial charge in [-0.3, -0.25) is 4.79 Å². The van der Waals surface area contributed by atoms with Crippen molar-refractivity contribution in [1.82, 2.24) is 15.5 Å². The predicted octanol–water partition coefficient (Wildman–Crippen LogP) is 0.722. The van der Waals surface area contributed by atoms with E-state index < -0.39 is 11.7 Å². The highest BCUT2D eigenvalue weighted by Crippen LogP contribution is 2.07. The number of hydrogen-bond donors (Lipinski definition) is 2. The van der Waals surface area contributed by atoms with Crippen LogP contribution in [0.5, 0.6) is 0 Å². The van der Waals surface area contributed by atoms with Crippen LogP contribution >= 0.6 is 0 Å². The van der Waals surface area contributed by atoms with Crippen molar-refractivity contribution in [2.75, 3.05) is 26.2 Å². The fraction of sp³-hybridized carbons (Fsp3) is 0.846. The molecule has 19 heavy (non-hydrogen) atoms. The van der Waals surface area contributed by atoms with Gasteiger partial charge in [-0.15, -0.1) is 0 Å². The lowest BCUT2D eigenvalue weighted by Gasteiger charge is -2.28. The quantitative estimate of drug-likeness (QED) is 0.793. The van der Waals surface area contributed by atoms with Crippen LogP contribution in [-0.2, 0) is 9.53 Å². The van der Waals surface area contributed by atoms with E-state index in [1.807, 2.05) is 32.6 Å². The number of carbonyl (C=O) groups is 2. The maximum Gasteiger partial charge on any atom is 0.407 e. The molecule has 0 aromatic heterocycles. The summed E-state index contributed by atoms with van der Waals surface area (Å²) in [5, 5.41) is 5.88. The number of alkyl carbamates (subject to hydrolysis) is 1. The third-order valence-corrected chi connectivity index (χ3v) is 2.71. The highest BCUT2D eigenvalue weighted by Gasteiger charge is 2.21. The Bertz CT molecular complexity index is 320. The van der Waals surface area contributed by atoms with E-state index in [0.717, 1.165) is 26.2 Å². The lowest BCUT2D eigenvalue weighted by Crippen LogP contribution is -2.48. The van der Waals surface area contributed by atoms with E-state index in [-0.39, 0.29) is 11.9 Å². The van der Waals surface area contributed by atoms with Crippen molar-refractivity contribution in [2.24, 2.45) is 0 Å². The van der Waals surface area contributed by atoms with Crippen LogP contribution in [0.25, 0.3) is 0 Å². The molecule has 2 N–H and O–H groups in total. The molecule has 0 aromatic rings. The van der Waals surface area contributed by atoms with Gasteiger partial charge in [0.1, 0.15) is 5.60 Å². The molecule has 0 radical (unpaired) electrons. The molecule has 1 rings (SSSR count). The van der Waals surface area contributed by atoms with Crippen LogP contribution < -0.4 is 10.6 Å². The van der Waals surface area contributed by atoms with E-state index in [4.69, 9.17) is 4.74 Å². The summed E-state index contributed by atoms with van der Waals surface area (Å²) in [4.78, 5) is 25.4. The summed E-state index contributed by atoms with van der Waals surface area (Å²) in [6.07, 6.45) is -0.174. The van der Waals surface area contributed by atoms with E-state index in [0.29, 0.717) is 6.42 Å². The second kappa shape index (κ2) is 6.75. The van der Waals surface area contributed by atoms with Crippen LogP contribution in [0.15, 0.2) is 0 Å². The lowest BCUT2D eigenvalue weighted by molar-refractivity contribution is -0.132. The van der Waals surface area contributed by atoms with Gasteiger partial charge in [0.25, 0.3) is 0 Å². The summed E-state index contributed by atoms with van der Waals surface area (Å²) in [6, 6.07) is -0.225. The molecule has 1 aliphatic rings. The summed E-state index contributed by atoms with van der Waals surface area (Å²) >= 11 is 0. The Morgan fingerprint density at radius 2 is 1.89 bits per heavy atom.